The SMILES string of the molecule is CCNc1nccc(C(=O)NC(C)c2ncc(C)s2)c1F. The largest absolute Gasteiger partial charge is 0.368 e. The van der Waals surface area contributed by atoms with Crippen molar-refractivity contribution in [2.45, 2.75) is 26.8 Å². The predicted molar refractivity (Wildman–Crippen MR) is 81.1 cm³/mol. The Kier molecular flexibility index (Phi) is 4.85. The number of halogens is 1. The van der Waals surface area contributed by atoms with Gasteiger partial charge in [-0.3, -0.25) is 4.79 Å². The van der Waals surface area contributed by atoms with Crippen molar-refractivity contribution in [2.24, 2.45) is 0 Å². The summed E-state index contributed by atoms with van der Waals surface area (Å²) in [7, 11) is 0. The van der Waals surface area contributed by atoms with Gasteiger partial charge >= 0.3 is 0 Å². The van der Waals surface area contributed by atoms with E-state index in [1.165, 1.54) is 23.6 Å². The molecule has 0 bridgehead atoms. The molecule has 0 spiro atoms. The molecular weight excluding hydrogens is 291 g/mol. The fourth-order valence-electron chi connectivity index (χ4n) is 1.82. The normalized spacial score (nSPS) is 12.0. The molecule has 2 rings (SSSR count). The molecule has 0 radical (unpaired) electrons. The molecule has 0 aromatic carbocycles. The van der Waals surface area contributed by atoms with Gasteiger partial charge in [-0.25, -0.2) is 14.4 Å². The van der Waals surface area contributed by atoms with Crippen molar-refractivity contribution in [1.82, 2.24) is 15.3 Å². The number of aromatic nitrogens is 2. The summed E-state index contributed by atoms with van der Waals surface area (Å²) in [6.45, 7) is 6.13. The number of nitrogens with zero attached hydrogens (tertiary/aromatic N) is 2. The van der Waals surface area contributed by atoms with Gasteiger partial charge < -0.3 is 10.6 Å². The van der Waals surface area contributed by atoms with Gasteiger partial charge in [-0.05, 0) is 26.8 Å². The van der Waals surface area contributed by atoms with Gasteiger partial charge in [0.15, 0.2) is 11.6 Å². The van der Waals surface area contributed by atoms with Crippen molar-refractivity contribution < 1.29 is 9.18 Å². The standard InChI is InChI=1S/C14H17FN4OS/c1-4-16-12-11(15)10(5-6-17-12)13(20)19-9(3)14-18-7-8(2)21-14/h5-7,9H,4H2,1-3H3,(H,16,17)(H,19,20). The Balaban J connectivity index is 2.15. The fraction of sp³-hybridized carbons (Fsp3) is 0.357. The number of thiazole rings is 1. The van der Waals surface area contributed by atoms with Crippen LogP contribution in [-0.4, -0.2) is 22.4 Å². The molecule has 1 atom stereocenters. The summed E-state index contributed by atoms with van der Waals surface area (Å²) in [4.78, 5) is 21.3. The van der Waals surface area contributed by atoms with Crippen molar-refractivity contribution in [1.29, 1.82) is 0 Å². The third-order valence-corrected chi connectivity index (χ3v) is 3.93. The van der Waals surface area contributed by atoms with E-state index in [1.54, 1.807) is 6.20 Å². The zero-order valence-corrected chi connectivity index (χ0v) is 12.9. The summed E-state index contributed by atoms with van der Waals surface area (Å²) in [5, 5.41) is 6.33. The van der Waals surface area contributed by atoms with E-state index in [2.05, 4.69) is 20.6 Å². The van der Waals surface area contributed by atoms with Crippen LogP contribution >= 0.6 is 11.3 Å². The summed E-state index contributed by atoms with van der Waals surface area (Å²) in [5.41, 5.74) is -0.0268. The molecule has 0 saturated carbocycles. The Morgan fingerprint density at radius 2 is 2.24 bits per heavy atom. The quantitative estimate of drug-likeness (QED) is 0.891. The number of anilines is 1. The van der Waals surface area contributed by atoms with E-state index in [0.717, 1.165) is 9.88 Å². The maximum absolute atomic E-state index is 14.2. The lowest BCUT2D eigenvalue weighted by Gasteiger charge is -2.13. The number of hydrogen-bond acceptors (Lipinski definition) is 5. The maximum Gasteiger partial charge on any atom is 0.255 e. The van der Waals surface area contributed by atoms with Gasteiger partial charge in [-0.15, -0.1) is 11.3 Å². The van der Waals surface area contributed by atoms with E-state index < -0.39 is 11.7 Å². The lowest BCUT2D eigenvalue weighted by Crippen LogP contribution is -2.27. The van der Waals surface area contributed by atoms with Crippen LogP contribution in [0.15, 0.2) is 18.5 Å². The van der Waals surface area contributed by atoms with E-state index in [1.807, 2.05) is 20.8 Å². The van der Waals surface area contributed by atoms with E-state index >= 15 is 0 Å². The number of amides is 1. The average Bonchev–Trinajstić information content (AvgIpc) is 2.88. The van der Waals surface area contributed by atoms with Gasteiger partial charge in [-0.2, -0.15) is 0 Å². The van der Waals surface area contributed by atoms with Crippen LogP contribution in [0.3, 0.4) is 0 Å². The van der Waals surface area contributed by atoms with E-state index in [0.29, 0.717) is 6.54 Å². The van der Waals surface area contributed by atoms with Crippen LogP contribution in [-0.2, 0) is 0 Å². The predicted octanol–water partition coefficient (Wildman–Crippen LogP) is 2.91. The number of pyridine rings is 1. The van der Waals surface area contributed by atoms with Gasteiger partial charge in [0.25, 0.3) is 5.91 Å². The number of rotatable bonds is 5. The molecule has 2 aromatic rings. The van der Waals surface area contributed by atoms with Gasteiger partial charge in [-0.1, -0.05) is 0 Å². The first-order valence-electron chi connectivity index (χ1n) is 6.64. The van der Waals surface area contributed by atoms with Crippen molar-refractivity contribution in [2.75, 3.05) is 11.9 Å². The molecule has 21 heavy (non-hydrogen) atoms. The molecule has 2 N–H and O–H groups in total. The van der Waals surface area contributed by atoms with Crippen LogP contribution in [0.4, 0.5) is 10.2 Å². The maximum atomic E-state index is 14.2. The summed E-state index contributed by atoms with van der Waals surface area (Å²) in [5.74, 6) is -1.03. The molecule has 0 fully saturated rings. The first kappa shape index (κ1) is 15.4. The Labute approximate surface area is 126 Å². The van der Waals surface area contributed by atoms with Crippen LogP contribution in [0, 0.1) is 12.7 Å². The molecule has 2 heterocycles. The van der Waals surface area contributed by atoms with Crippen molar-refractivity contribution in [3.05, 3.63) is 39.7 Å². The summed E-state index contributed by atoms with van der Waals surface area (Å²) >= 11 is 1.50. The second-order valence-corrected chi connectivity index (χ2v) is 5.82. The zero-order chi connectivity index (χ0) is 15.4. The highest BCUT2D eigenvalue weighted by atomic mass is 32.1. The van der Waals surface area contributed by atoms with E-state index in [9.17, 15) is 9.18 Å². The molecule has 2 aromatic heterocycles. The Morgan fingerprint density at radius 3 is 2.86 bits per heavy atom. The molecule has 0 aliphatic rings. The molecule has 1 unspecified atom stereocenters. The van der Waals surface area contributed by atoms with Crippen LogP contribution < -0.4 is 10.6 Å². The van der Waals surface area contributed by atoms with Crippen molar-refractivity contribution >= 4 is 23.1 Å². The Bertz CT molecular complexity index is 644. The molecule has 0 aliphatic carbocycles. The van der Waals surface area contributed by atoms with Gasteiger partial charge in [0.1, 0.15) is 5.01 Å². The average molecular weight is 308 g/mol. The third-order valence-electron chi connectivity index (χ3n) is 2.84. The van der Waals surface area contributed by atoms with Crippen molar-refractivity contribution in [3.63, 3.8) is 0 Å². The topological polar surface area (TPSA) is 66.9 Å². The molecular formula is C14H17FN4OS. The lowest BCUT2D eigenvalue weighted by atomic mass is 10.2. The smallest absolute Gasteiger partial charge is 0.255 e. The second-order valence-electron chi connectivity index (χ2n) is 4.56. The number of hydrogen-bond donors (Lipinski definition) is 2. The molecule has 112 valence electrons. The summed E-state index contributed by atoms with van der Waals surface area (Å²) < 4.78 is 14.2. The first-order valence-corrected chi connectivity index (χ1v) is 7.46. The number of nitrogens with one attached hydrogen (secondary N) is 2. The fourth-order valence-corrected chi connectivity index (χ4v) is 2.59. The second kappa shape index (κ2) is 6.62. The first-order chi connectivity index (χ1) is 10.0. The molecule has 0 saturated heterocycles. The van der Waals surface area contributed by atoms with Crippen LogP contribution in [0.5, 0.6) is 0 Å². The van der Waals surface area contributed by atoms with E-state index in [4.69, 9.17) is 0 Å². The molecule has 5 nitrogen and oxygen atoms in total. The van der Waals surface area contributed by atoms with Crippen LogP contribution in [0.25, 0.3) is 0 Å². The molecule has 0 aliphatic heterocycles. The third kappa shape index (κ3) is 3.55. The van der Waals surface area contributed by atoms with Crippen LogP contribution in [0.2, 0.25) is 0 Å². The minimum atomic E-state index is -0.639. The minimum Gasteiger partial charge on any atom is -0.368 e. The van der Waals surface area contributed by atoms with Gasteiger partial charge in [0, 0.05) is 23.8 Å². The highest BCUT2D eigenvalue weighted by Gasteiger charge is 2.19. The minimum absolute atomic E-state index is 0.0268. The molecule has 7 heteroatoms. The number of aryl methyl sites for hydroxylation is 1. The number of carbonyl (C=O) groups is 1. The Morgan fingerprint density at radius 1 is 1.48 bits per heavy atom. The Hall–Kier alpha value is -2.02. The summed E-state index contributed by atoms with van der Waals surface area (Å²) in [6, 6.07) is 1.09. The van der Waals surface area contributed by atoms with Gasteiger partial charge in [0.05, 0.1) is 11.6 Å². The van der Waals surface area contributed by atoms with Crippen LogP contribution in [0.1, 0.15) is 40.1 Å². The number of carbonyl (C=O) groups excluding carboxylic acids is 1. The molecule has 1 amide bonds. The monoisotopic (exact) mass is 308 g/mol. The highest BCUT2D eigenvalue weighted by Crippen LogP contribution is 2.20. The van der Waals surface area contributed by atoms with Crippen molar-refractivity contribution in [3.8, 4) is 0 Å². The highest BCUT2D eigenvalue weighted by molar-refractivity contribution is 7.11. The zero-order valence-electron chi connectivity index (χ0n) is 12.1. The van der Waals surface area contributed by atoms with E-state index in [-0.39, 0.29) is 17.4 Å². The lowest BCUT2D eigenvalue weighted by molar-refractivity contribution is 0.0935. The summed E-state index contributed by atoms with van der Waals surface area (Å²) in [6.07, 6.45) is 3.16. The van der Waals surface area contributed by atoms with Gasteiger partial charge in [0.2, 0.25) is 0 Å².